The van der Waals surface area contributed by atoms with Crippen molar-refractivity contribution in [2.45, 2.75) is 103 Å². The standard InChI is InChI=1S/C52H55N/c1-4-6-8-13-33-52(34-14-9-7-5-2)50-36-43(39-15-11-10-12-16-39)24-31-48(50)49-32-25-44(37-51(49)52)41-21-28-46(29-22-41)53(45-26-17-38(3)18-27-45)47-30-23-40-19-20-42(40)35-47/h10-12,15-18,21-32,35-37H,4-9,13-14,19-20,33-34H2,1-3H3. The fourth-order valence-corrected chi connectivity index (χ4v) is 9.12. The molecule has 0 amide bonds. The fraction of sp³-hybridized carbons (Fsp3) is 0.308. The summed E-state index contributed by atoms with van der Waals surface area (Å²) in [6, 6.07) is 51.1. The number of benzene rings is 6. The highest BCUT2D eigenvalue weighted by molar-refractivity contribution is 5.87. The summed E-state index contributed by atoms with van der Waals surface area (Å²) in [5.41, 5.74) is 19.2. The van der Waals surface area contributed by atoms with Gasteiger partial charge in [0.2, 0.25) is 0 Å². The molecule has 268 valence electrons. The second-order valence-corrected chi connectivity index (χ2v) is 15.8. The van der Waals surface area contributed by atoms with Crippen molar-refractivity contribution in [1.29, 1.82) is 0 Å². The molecule has 0 spiro atoms. The molecule has 0 saturated carbocycles. The minimum atomic E-state index is 0.0317. The van der Waals surface area contributed by atoms with E-state index in [1.807, 2.05) is 0 Å². The van der Waals surface area contributed by atoms with E-state index in [2.05, 4.69) is 159 Å². The SMILES string of the molecule is CCCCCCC1(CCCCCC)c2cc(-c3ccccc3)ccc2-c2ccc(-c3ccc(N(c4ccc(C)cc4)c4ccc5c(c4)CC5)cc3)cc21. The lowest BCUT2D eigenvalue weighted by atomic mass is 9.70. The van der Waals surface area contributed by atoms with E-state index in [0.29, 0.717) is 0 Å². The van der Waals surface area contributed by atoms with Crippen LogP contribution in [0, 0.1) is 6.92 Å². The lowest BCUT2D eigenvalue weighted by Gasteiger charge is -2.33. The molecule has 2 aliphatic carbocycles. The van der Waals surface area contributed by atoms with E-state index in [1.54, 1.807) is 11.1 Å². The lowest BCUT2D eigenvalue weighted by Crippen LogP contribution is -2.25. The van der Waals surface area contributed by atoms with E-state index >= 15 is 0 Å². The van der Waals surface area contributed by atoms with Crippen LogP contribution in [-0.2, 0) is 18.3 Å². The number of nitrogens with zero attached hydrogens (tertiary/aromatic N) is 1. The zero-order chi connectivity index (χ0) is 36.2. The average molecular weight is 694 g/mol. The molecular formula is C52H55N. The van der Waals surface area contributed by atoms with Gasteiger partial charge in [-0.3, -0.25) is 0 Å². The van der Waals surface area contributed by atoms with Crippen molar-refractivity contribution >= 4 is 17.1 Å². The zero-order valence-corrected chi connectivity index (χ0v) is 32.1. The number of hydrogen-bond donors (Lipinski definition) is 0. The van der Waals surface area contributed by atoms with Crippen LogP contribution in [-0.4, -0.2) is 0 Å². The molecule has 1 nitrogen and oxygen atoms in total. The molecule has 0 radical (unpaired) electrons. The molecule has 0 atom stereocenters. The van der Waals surface area contributed by atoms with Gasteiger partial charge in [0.1, 0.15) is 0 Å². The second kappa shape index (κ2) is 15.6. The third kappa shape index (κ3) is 6.99. The molecule has 53 heavy (non-hydrogen) atoms. The minimum Gasteiger partial charge on any atom is -0.310 e. The van der Waals surface area contributed by atoms with Crippen LogP contribution in [0.2, 0.25) is 0 Å². The van der Waals surface area contributed by atoms with Crippen molar-refractivity contribution in [3.05, 3.63) is 161 Å². The third-order valence-corrected chi connectivity index (χ3v) is 12.2. The summed E-state index contributed by atoms with van der Waals surface area (Å²) in [6.07, 6.45) is 15.1. The van der Waals surface area contributed by atoms with Crippen LogP contribution in [0.25, 0.3) is 33.4 Å². The summed E-state index contributed by atoms with van der Waals surface area (Å²) in [7, 11) is 0. The topological polar surface area (TPSA) is 3.24 Å². The molecule has 6 aromatic rings. The summed E-state index contributed by atoms with van der Waals surface area (Å²) < 4.78 is 0. The third-order valence-electron chi connectivity index (χ3n) is 12.2. The number of fused-ring (bicyclic) bond motifs is 4. The van der Waals surface area contributed by atoms with E-state index in [1.165, 1.54) is 144 Å². The van der Waals surface area contributed by atoms with Crippen LogP contribution in [0.5, 0.6) is 0 Å². The Balaban J connectivity index is 1.19. The van der Waals surface area contributed by atoms with Crippen molar-refractivity contribution in [1.82, 2.24) is 0 Å². The minimum absolute atomic E-state index is 0.0317. The maximum Gasteiger partial charge on any atom is 0.0464 e. The monoisotopic (exact) mass is 693 g/mol. The smallest absolute Gasteiger partial charge is 0.0464 e. The highest BCUT2D eigenvalue weighted by Gasteiger charge is 2.42. The van der Waals surface area contributed by atoms with Gasteiger partial charge in [0.05, 0.1) is 0 Å². The molecular weight excluding hydrogens is 639 g/mol. The number of rotatable bonds is 15. The lowest BCUT2D eigenvalue weighted by molar-refractivity contribution is 0.401. The van der Waals surface area contributed by atoms with E-state index < -0.39 is 0 Å². The summed E-state index contributed by atoms with van der Waals surface area (Å²) in [5, 5.41) is 0. The van der Waals surface area contributed by atoms with E-state index in [-0.39, 0.29) is 5.41 Å². The molecule has 6 aromatic carbocycles. The quantitative estimate of drug-likeness (QED) is 0.0968. The largest absolute Gasteiger partial charge is 0.310 e. The number of hydrogen-bond acceptors (Lipinski definition) is 1. The van der Waals surface area contributed by atoms with Gasteiger partial charge < -0.3 is 4.90 Å². The Hall–Kier alpha value is -4.88. The highest BCUT2D eigenvalue weighted by atomic mass is 15.1. The summed E-state index contributed by atoms with van der Waals surface area (Å²) in [6.45, 7) is 6.82. The normalized spacial score (nSPS) is 13.6. The van der Waals surface area contributed by atoms with Crippen LogP contribution in [0.4, 0.5) is 17.1 Å². The molecule has 1 heteroatoms. The Morgan fingerprint density at radius 2 is 0.962 bits per heavy atom. The molecule has 0 saturated heterocycles. The number of unbranched alkanes of at least 4 members (excludes halogenated alkanes) is 6. The van der Waals surface area contributed by atoms with Crippen LogP contribution in [0.1, 0.15) is 106 Å². The van der Waals surface area contributed by atoms with Crippen LogP contribution in [0.15, 0.2) is 133 Å². The van der Waals surface area contributed by atoms with Crippen molar-refractivity contribution in [2.75, 3.05) is 4.90 Å². The molecule has 0 unspecified atom stereocenters. The Morgan fingerprint density at radius 1 is 0.453 bits per heavy atom. The Bertz CT molecular complexity index is 2140. The molecule has 0 heterocycles. The molecule has 0 fully saturated rings. The maximum atomic E-state index is 2.58. The molecule has 0 aromatic heterocycles. The van der Waals surface area contributed by atoms with Crippen LogP contribution >= 0.6 is 0 Å². The van der Waals surface area contributed by atoms with Gasteiger partial charge in [0.15, 0.2) is 0 Å². The summed E-state index contributed by atoms with van der Waals surface area (Å²) in [5.74, 6) is 0. The van der Waals surface area contributed by atoms with Gasteiger partial charge in [-0.1, -0.05) is 156 Å². The predicted octanol–water partition coefficient (Wildman–Crippen LogP) is 15.1. The van der Waals surface area contributed by atoms with Crippen LogP contribution in [0.3, 0.4) is 0 Å². The first-order valence-electron chi connectivity index (χ1n) is 20.5. The molecule has 0 aliphatic heterocycles. The van der Waals surface area contributed by atoms with Gasteiger partial charge in [0.25, 0.3) is 0 Å². The van der Waals surface area contributed by atoms with Gasteiger partial charge in [0, 0.05) is 22.5 Å². The molecule has 8 rings (SSSR count). The Labute approximate surface area is 318 Å². The average Bonchev–Trinajstić information content (AvgIpc) is 3.45. The molecule has 0 N–H and O–H groups in total. The first kappa shape index (κ1) is 35.2. The van der Waals surface area contributed by atoms with Crippen molar-refractivity contribution in [2.24, 2.45) is 0 Å². The highest BCUT2D eigenvalue weighted by Crippen LogP contribution is 2.56. The van der Waals surface area contributed by atoms with Gasteiger partial charge >= 0.3 is 0 Å². The predicted molar refractivity (Wildman–Crippen MR) is 228 cm³/mol. The van der Waals surface area contributed by atoms with Gasteiger partial charge in [-0.05, 0) is 137 Å². The summed E-state index contributed by atoms with van der Waals surface area (Å²) >= 11 is 0. The van der Waals surface area contributed by atoms with Gasteiger partial charge in [-0.15, -0.1) is 0 Å². The second-order valence-electron chi connectivity index (χ2n) is 15.8. The molecule has 0 bridgehead atoms. The van der Waals surface area contributed by atoms with Gasteiger partial charge in [-0.25, -0.2) is 0 Å². The fourth-order valence-electron chi connectivity index (χ4n) is 9.12. The van der Waals surface area contributed by atoms with E-state index in [0.717, 1.165) is 0 Å². The van der Waals surface area contributed by atoms with Gasteiger partial charge in [-0.2, -0.15) is 0 Å². The zero-order valence-electron chi connectivity index (χ0n) is 32.1. The number of aryl methyl sites for hydroxylation is 3. The first-order chi connectivity index (χ1) is 26.1. The van der Waals surface area contributed by atoms with Crippen molar-refractivity contribution in [3.63, 3.8) is 0 Å². The Morgan fingerprint density at radius 3 is 1.49 bits per heavy atom. The number of anilines is 3. The van der Waals surface area contributed by atoms with Crippen molar-refractivity contribution in [3.8, 4) is 33.4 Å². The first-order valence-corrected chi connectivity index (χ1v) is 20.5. The summed E-state index contributed by atoms with van der Waals surface area (Å²) in [4.78, 5) is 2.42. The van der Waals surface area contributed by atoms with E-state index in [9.17, 15) is 0 Å². The van der Waals surface area contributed by atoms with E-state index in [4.69, 9.17) is 0 Å². The molecule has 2 aliphatic rings. The maximum absolute atomic E-state index is 2.58. The van der Waals surface area contributed by atoms with Crippen LogP contribution < -0.4 is 4.90 Å². The van der Waals surface area contributed by atoms with Crippen molar-refractivity contribution < 1.29 is 0 Å². The Kier molecular flexibility index (Phi) is 10.4.